The predicted octanol–water partition coefficient (Wildman–Crippen LogP) is 6.78. The van der Waals surface area contributed by atoms with Gasteiger partial charge in [0.25, 0.3) is 5.91 Å². The molecule has 7 nitrogen and oxygen atoms in total. The Morgan fingerprint density at radius 1 is 0.861 bits per heavy atom. The summed E-state index contributed by atoms with van der Waals surface area (Å²) in [5.74, 6) is -2.13. The van der Waals surface area contributed by atoms with Gasteiger partial charge in [0.15, 0.2) is 0 Å². The molecule has 3 aromatic rings. The van der Waals surface area contributed by atoms with Crippen LogP contribution in [0.2, 0.25) is 15.1 Å². The summed E-state index contributed by atoms with van der Waals surface area (Å²) in [4.78, 5) is 41.3. The van der Waals surface area contributed by atoms with Gasteiger partial charge in [-0.05, 0) is 54.1 Å². The number of carbonyl (C=O) groups is 3. The number of nitrogens with one attached hydrogen (secondary N) is 3. The van der Waals surface area contributed by atoms with Crippen molar-refractivity contribution < 1.29 is 14.4 Å². The van der Waals surface area contributed by atoms with Gasteiger partial charge in [-0.1, -0.05) is 40.9 Å². The van der Waals surface area contributed by atoms with E-state index >= 15 is 0 Å². The number of pyridine rings is 1. The van der Waals surface area contributed by atoms with Crippen molar-refractivity contribution in [1.29, 1.82) is 0 Å². The molecule has 3 amide bonds. The number of hydrogen-bond donors (Lipinski definition) is 3. The SMILES string of the molecule is CC(=O)Nc1cccc(NC(=O)c2cc(NC(=O)[C@H]3[C@H](c4cc(Cl)cc(Cl)c4)C3(Cl)Cl)ccc2Cl)n1. The lowest BCUT2D eigenvalue weighted by Crippen LogP contribution is -2.18. The molecule has 0 unspecified atom stereocenters. The summed E-state index contributed by atoms with van der Waals surface area (Å²) in [5, 5.41) is 8.84. The molecule has 1 heterocycles. The third kappa shape index (κ3) is 5.88. The molecule has 4 rings (SSSR count). The fraction of sp³-hybridized carbons (Fsp3) is 0.167. The minimum atomic E-state index is -1.35. The molecule has 0 bridgehead atoms. The van der Waals surface area contributed by atoms with Crippen LogP contribution in [0.25, 0.3) is 0 Å². The van der Waals surface area contributed by atoms with Crippen LogP contribution in [0.1, 0.15) is 28.8 Å². The molecule has 1 fully saturated rings. The van der Waals surface area contributed by atoms with Crippen molar-refractivity contribution in [2.75, 3.05) is 16.0 Å². The normalized spacial score (nSPS) is 17.7. The van der Waals surface area contributed by atoms with E-state index in [1.807, 2.05) is 0 Å². The first-order chi connectivity index (χ1) is 17.0. The number of carbonyl (C=O) groups excluding carboxylic acids is 3. The van der Waals surface area contributed by atoms with Crippen LogP contribution in [-0.4, -0.2) is 27.0 Å². The number of hydrogen-bond acceptors (Lipinski definition) is 4. The predicted molar refractivity (Wildman–Crippen MR) is 144 cm³/mol. The van der Waals surface area contributed by atoms with E-state index in [1.165, 1.54) is 19.1 Å². The molecule has 0 spiro atoms. The van der Waals surface area contributed by atoms with Crippen LogP contribution in [0.15, 0.2) is 54.6 Å². The van der Waals surface area contributed by atoms with Crippen LogP contribution in [0.4, 0.5) is 17.3 Å². The van der Waals surface area contributed by atoms with E-state index in [0.29, 0.717) is 21.3 Å². The highest BCUT2D eigenvalue weighted by Gasteiger charge is 2.67. The molecule has 1 saturated carbocycles. The third-order valence-electron chi connectivity index (χ3n) is 5.35. The standard InChI is InChI=1S/C24H17Cl5N4O3/c1-11(34)30-18-3-2-4-19(32-18)33-22(35)16-10-15(5-6-17(16)27)31-23(36)21-20(24(21,28)29)12-7-13(25)9-14(26)8-12/h2-10,20-21H,1H3,(H,31,36)(H2,30,32,33,34,35)/t20-,21+/m0/s1. The van der Waals surface area contributed by atoms with Crippen molar-refractivity contribution in [3.63, 3.8) is 0 Å². The number of aromatic nitrogens is 1. The fourth-order valence-electron chi connectivity index (χ4n) is 3.76. The van der Waals surface area contributed by atoms with Crippen molar-refractivity contribution in [2.45, 2.75) is 17.2 Å². The molecular weight excluding hydrogens is 570 g/mol. The van der Waals surface area contributed by atoms with Gasteiger partial charge < -0.3 is 16.0 Å². The Kier molecular flexibility index (Phi) is 7.69. The Labute approximate surface area is 231 Å². The lowest BCUT2D eigenvalue weighted by Gasteiger charge is -2.11. The minimum Gasteiger partial charge on any atom is -0.326 e. The summed E-state index contributed by atoms with van der Waals surface area (Å²) in [5.41, 5.74) is 1.05. The Bertz CT molecular complexity index is 1360. The average Bonchev–Trinajstić information content (AvgIpc) is 3.36. The van der Waals surface area contributed by atoms with E-state index in [-0.39, 0.29) is 28.1 Å². The monoisotopic (exact) mass is 584 g/mol. The first-order valence-electron chi connectivity index (χ1n) is 10.5. The molecule has 36 heavy (non-hydrogen) atoms. The minimum absolute atomic E-state index is 0.0955. The highest BCUT2D eigenvalue weighted by molar-refractivity contribution is 6.53. The number of benzene rings is 2. The van der Waals surface area contributed by atoms with Gasteiger partial charge in [-0.25, -0.2) is 4.98 Å². The molecule has 3 N–H and O–H groups in total. The highest BCUT2D eigenvalue weighted by Crippen LogP contribution is 2.65. The molecule has 1 aromatic heterocycles. The van der Waals surface area contributed by atoms with E-state index in [2.05, 4.69) is 20.9 Å². The number of amides is 3. The van der Waals surface area contributed by atoms with Crippen LogP contribution in [-0.2, 0) is 9.59 Å². The van der Waals surface area contributed by atoms with E-state index < -0.39 is 28.0 Å². The van der Waals surface area contributed by atoms with Crippen LogP contribution < -0.4 is 16.0 Å². The zero-order valence-corrected chi connectivity index (χ0v) is 22.2. The maximum Gasteiger partial charge on any atom is 0.258 e. The summed E-state index contributed by atoms with van der Waals surface area (Å²) in [6.45, 7) is 1.35. The molecule has 1 aliphatic carbocycles. The number of halogens is 5. The van der Waals surface area contributed by atoms with Crippen molar-refractivity contribution in [1.82, 2.24) is 4.98 Å². The molecular formula is C24H17Cl5N4O3. The quantitative estimate of drug-likeness (QED) is 0.277. The lowest BCUT2D eigenvalue weighted by molar-refractivity contribution is -0.117. The van der Waals surface area contributed by atoms with E-state index in [9.17, 15) is 14.4 Å². The van der Waals surface area contributed by atoms with Crippen LogP contribution in [0, 0.1) is 5.92 Å². The van der Waals surface area contributed by atoms with Gasteiger partial charge in [0, 0.05) is 28.6 Å². The first kappa shape index (κ1) is 26.5. The Morgan fingerprint density at radius 3 is 2.14 bits per heavy atom. The third-order valence-corrected chi connectivity index (χ3v) is 7.06. The smallest absolute Gasteiger partial charge is 0.258 e. The second-order valence-electron chi connectivity index (χ2n) is 8.06. The summed E-state index contributed by atoms with van der Waals surface area (Å²) < 4.78 is -1.35. The van der Waals surface area contributed by atoms with Crippen LogP contribution in [0.5, 0.6) is 0 Å². The van der Waals surface area contributed by atoms with Crippen molar-refractivity contribution in [3.8, 4) is 0 Å². The Balaban J connectivity index is 1.49. The van der Waals surface area contributed by atoms with Gasteiger partial charge in [-0.2, -0.15) is 0 Å². The fourth-order valence-corrected chi connectivity index (χ4v) is 5.33. The van der Waals surface area contributed by atoms with Crippen LogP contribution >= 0.6 is 58.0 Å². The largest absolute Gasteiger partial charge is 0.326 e. The molecule has 186 valence electrons. The number of rotatable bonds is 6. The summed E-state index contributed by atoms with van der Waals surface area (Å²) >= 11 is 31.2. The van der Waals surface area contributed by atoms with E-state index in [1.54, 1.807) is 42.5 Å². The molecule has 1 aliphatic rings. The van der Waals surface area contributed by atoms with E-state index in [0.717, 1.165) is 0 Å². The maximum absolute atomic E-state index is 13.0. The number of nitrogens with zero attached hydrogens (tertiary/aromatic N) is 1. The van der Waals surface area contributed by atoms with E-state index in [4.69, 9.17) is 58.0 Å². The summed E-state index contributed by atoms with van der Waals surface area (Å²) in [6, 6.07) is 14.1. The molecule has 0 aliphatic heterocycles. The van der Waals surface area contributed by atoms with Gasteiger partial charge in [0.05, 0.1) is 16.5 Å². The first-order valence-corrected chi connectivity index (χ1v) is 12.3. The van der Waals surface area contributed by atoms with Crippen molar-refractivity contribution in [3.05, 3.63) is 80.8 Å². The zero-order chi connectivity index (χ0) is 26.2. The molecule has 0 radical (unpaired) electrons. The summed E-state index contributed by atoms with van der Waals surface area (Å²) in [6.07, 6.45) is 0. The van der Waals surface area contributed by atoms with Crippen molar-refractivity contribution >= 4 is 93.0 Å². The topological polar surface area (TPSA) is 100 Å². The van der Waals surface area contributed by atoms with Crippen molar-refractivity contribution in [2.24, 2.45) is 5.92 Å². The average molecular weight is 587 g/mol. The number of alkyl halides is 2. The van der Waals surface area contributed by atoms with Gasteiger partial charge >= 0.3 is 0 Å². The molecule has 0 saturated heterocycles. The number of anilines is 3. The Hall–Kier alpha value is -2.55. The van der Waals surface area contributed by atoms with Gasteiger partial charge in [-0.3, -0.25) is 14.4 Å². The van der Waals surface area contributed by atoms with Gasteiger partial charge in [0.2, 0.25) is 11.8 Å². The molecule has 2 aromatic carbocycles. The lowest BCUT2D eigenvalue weighted by atomic mass is 10.1. The second kappa shape index (κ2) is 10.4. The van der Waals surface area contributed by atoms with Gasteiger partial charge in [0.1, 0.15) is 16.0 Å². The molecule has 12 heteroatoms. The van der Waals surface area contributed by atoms with Gasteiger partial charge in [-0.15, -0.1) is 23.2 Å². The molecule has 2 atom stereocenters. The second-order valence-corrected chi connectivity index (χ2v) is 10.8. The van der Waals surface area contributed by atoms with Crippen LogP contribution in [0.3, 0.4) is 0 Å². The maximum atomic E-state index is 13.0. The Morgan fingerprint density at radius 2 is 1.50 bits per heavy atom. The summed E-state index contributed by atoms with van der Waals surface area (Å²) in [7, 11) is 0. The zero-order valence-electron chi connectivity index (χ0n) is 18.4. The highest BCUT2D eigenvalue weighted by atomic mass is 35.5.